The maximum Gasteiger partial charge on any atom is 0.328 e. The van der Waals surface area contributed by atoms with Crippen LogP contribution in [-0.2, 0) is 19.1 Å². The van der Waals surface area contributed by atoms with E-state index in [9.17, 15) is 19.5 Å². The highest BCUT2D eigenvalue weighted by atomic mass is 16.5. The molecule has 1 amide bonds. The molecule has 1 N–H and O–H groups in total. The molecule has 22 heavy (non-hydrogen) atoms. The average Bonchev–Trinajstić information content (AvgIpc) is 2.44. The molecule has 0 aromatic heterocycles. The summed E-state index contributed by atoms with van der Waals surface area (Å²) in [6.07, 6.45) is 1.06. The number of hydrazine groups is 1. The van der Waals surface area contributed by atoms with Gasteiger partial charge in [0.2, 0.25) is 0 Å². The van der Waals surface area contributed by atoms with Crippen LogP contribution in [0, 0.1) is 5.92 Å². The third kappa shape index (κ3) is 3.97. The van der Waals surface area contributed by atoms with Crippen molar-refractivity contribution in [2.24, 2.45) is 5.92 Å². The summed E-state index contributed by atoms with van der Waals surface area (Å²) < 4.78 is 4.88. The Morgan fingerprint density at radius 2 is 1.91 bits per heavy atom. The molecule has 1 saturated heterocycles. The number of nitrogens with zero attached hydrogens (tertiary/aromatic N) is 2. The molecule has 7 nitrogen and oxygen atoms in total. The maximum absolute atomic E-state index is 12.7. The van der Waals surface area contributed by atoms with Crippen LogP contribution in [0.25, 0.3) is 0 Å². The van der Waals surface area contributed by atoms with E-state index in [2.05, 4.69) is 0 Å². The quantitative estimate of drug-likeness (QED) is 0.621. The predicted octanol–water partition coefficient (Wildman–Crippen LogP) is 1.28. The molecule has 1 rings (SSSR count). The van der Waals surface area contributed by atoms with Crippen molar-refractivity contribution in [1.29, 1.82) is 0 Å². The monoisotopic (exact) mass is 314 g/mol. The van der Waals surface area contributed by atoms with Gasteiger partial charge >= 0.3 is 11.9 Å². The number of esters is 1. The highest BCUT2D eigenvalue weighted by Gasteiger charge is 2.44. The fourth-order valence-electron chi connectivity index (χ4n) is 2.56. The van der Waals surface area contributed by atoms with Crippen LogP contribution >= 0.6 is 0 Å². The number of carbonyl (C=O) groups is 3. The lowest BCUT2D eigenvalue weighted by atomic mass is 10.0. The lowest BCUT2D eigenvalue weighted by molar-refractivity contribution is -0.193. The Labute approximate surface area is 131 Å². The molecule has 0 aromatic carbocycles. The van der Waals surface area contributed by atoms with Crippen molar-refractivity contribution in [3.8, 4) is 0 Å². The van der Waals surface area contributed by atoms with Crippen molar-refractivity contribution in [2.75, 3.05) is 13.2 Å². The number of carboxylic acid groups (broad SMARTS) is 1. The van der Waals surface area contributed by atoms with Crippen molar-refractivity contribution in [3.05, 3.63) is 0 Å². The number of aliphatic carboxylic acids is 1. The summed E-state index contributed by atoms with van der Waals surface area (Å²) in [6, 6.07) is -0.947. The van der Waals surface area contributed by atoms with Gasteiger partial charge in [-0.3, -0.25) is 14.6 Å². The summed E-state index contributed by atoms with van der Waals surface area (Å²) >= 11 is 0. The minimum Gasteiger partial charge on any atom is -0.480 e. The zero-order chi connectivity index (χ0) is 17.1. The van der Waals surface area contributed by atoms with E-state index in [1.165, 1.54) is 11.9 Å². The zero-order valence-electron chi connectivity index (χ0n) is 14.0. The van der Waals surface area contributed by atoms with Crippen LogP contribution in [0.2, 0.25) is 0 Å². The Kier molecular flexibility index (Phi) is 5.93. The predicted molar refractivity (Wildman–Crippen MR) is 79.8 cm³/mol. The SMILES string of the molecule is CCOC(=O)C(C)C(=O)N1C(C(=O)O)CCCN1C(C)(C)C. The van der Waals surface area contributed by atoms with Gasteiger partial charge in [-0.1, -0.05) is 0 Å². The van der Waals surface area contributed by atoms with E-state index in [1.807, 2.05) is 20.8 Å². The smallest absolute Gasteiger partial charge is 0.328 e. The van der Waals surface area contributed by atoms with E-state index < -0.39 is 35.3 Å². The van der Waals surface area contributed by atoms with E-state index in [0.717, 1.165) is 0 Å². The molecular weight excluding hydrogens is 288 g/mol. The topological polar surface area (TPSA) is 87.2 Å². The van der Waals surface area contributed by atoms with E-state index >= 15 is 0 Å². The number of amides is 1. The van der Waals surface area contributed by atoms with Gasteiger partial charge in [-0.15, -0.1) is 0 Å². The Morgan fingerprint density at radius 3 is 2.36 bits per heavy atom. The van der Waals surface area contributed by atoms with Gasteiger partial charge in [0, 0.05) is 12.1 Å². The second-order valence-electron chi connectivity index (χ2n) is 6.45. The second kappa shape index (κ2) is 7.09. The molecule has 0 spiro atoms. The van der Waals surface area contributed by atoms with E-state index in [-0.39, 0.29) is 6.61 Å². The number of hydrogen-bond donors (Lipinski definition) is 1. The fraction of sp³-hybridized carbons (Fsp3) is 0.800. The normalized spacial score (nSPS) is 21.3. The van der Waals surface area contributed by atoms with Crippen molar-refractivity contribution >= 4 is 17.8 Å². The third-order valence-electron chi connectivity index (χ3n) is 3.70. The molecular formula is C15H26N2O5. The zero-order valence-corrected chi connectivity index (χ0v) is 14.0. The first-order valence-corrected chi connectivity index (χ1v) is 7.61. The molecule has 2 unspecified atom stereocenters. The highest BCUT2D eigenvalue weighted by molar-refractivity contribution is 5.98. The first-order valence-electron chi connectivity index (χ1n) is 7.61. The van der Waals surface area contributed by atoms with Crippen LogP contribution < -0.4 is 0 Å². The van der Waals surface area contributed by atoms with Crippen LogP contribution in [0.3, 0.4) is 0 Å². The van der Waals surface area contributed by atoms with Gasteiger partial charge in [0.25, 0.3) is 5.91 Å². The van der Waals surface area contributed by atoms with Gasteiger partial charge in [-0.25, -0.2) is 9.80 Å². The minimum absolute atomic E-state index is 0.182. The first-order chi connectivity index (χ1) is 10.1. The molecule has 126 valence electrons. The van der Waals surface area contributed by atoms with Crippen LogP contribution in [0.1, 0.15) is 47.5 Å². The summed E-state index contributed by atoms with van der Waals surface area (Å²) in [5.74, 6) is -3.24. The number of hydrogen-bond acceptors (Lipinski definition) is 5. The van der Waals surface area contributed by atoms with Crippen LogP contribution in [0.15, 0.2) is 0 Å². The van der Waals surface area contributed by atoms with E-state index in [1.54, 1.807) is 11.9 Å². The molecule has 0 bridgehead atoms. The molecule has 1 aliphatic rings. The Bertz CT molecular complexity index is 444. The van der Waals surface area contributed by atoms with Gasteiger partial charge < -0.3 is 9.84 Å². The number of ether oxygens (including phenoxy) is 1. The van der Waals surface area contributed by atoms with Crippen molar-refractivity contribution in [1.82, 2.24) is 10.0 Å². The molecule has 1 fully saturated rings. The highest BCUT2D eigenvalue weighted by Crippen LogP contribution is 2.28. The van der Waals surface area contributed by atoms with Gasteiger partial charge in [-0.2, -0.15) is 0 Å². The van der Waals surface area contributed by atoms with Crippen LogP contribution in [0.5, 0.6) is 0 Å². The summed E-state index contributed by atoms with van der Waals surface area (Å²) in [7, 11) is 0. The number of carboxylic acids is 1. The molecule has 7 heteroatoms. The number of rotatable bonds is 4. The summed E-state index contributed by atoms with van der Waals surface area (Å²) in [6.45, 7) is 9.61. The maximum atomic E-state index is 12.7. The Morgan fingerprint density at radius 1 is 1.32 bits per heavy atom. The van der Waals surface area contributed by atoms with E-state index in [4.69, 9.17) is 4.74 Å². The van der Waals surface area contributed by atoms with Crippen molar-refractivity contribution < 1.29 is 24.2 Å². The van der Waals surface area contributed by atoms with Crippen molar-refractivity contribution in [2.45, 2.75) is 59.0 Å². The molecule has 1 aliphatic heterocycles. The molecule has 0 saturated carbocycles. The summed E-state index contributed by atoms with van der Waals surface area (Å²) in [5, 5.41) is 12.4. The summed E-state index contributed by atoms with van der Waals surface area (Å²) in [4.78, 5) is 36.1. The average molecular weight is 314 g/mol. The summed E-state index contributed by atoms with van der Waals surface area (Å²) in [5.41, 5.74) is -0.418. The van der Waals surface area contributed by atoms with Gasteiger partial charge in [0.15, 0.2) is 0 Å². The largest absolute Gasteiger partial charge is 0.480 e. The van der Waals surface area contributed by atoms with E-state index in [0.29, 0.717) is 19.4 Å². The van der Waals surface area contributed by atoms with Gasteiger partial charge in [0.1, 0.15) is 12.0 Å². The fourth-order valence-corrected chi connectivity index (χ4v) is 2.56. The standard InChI is InChI=1S/C15H26N2O5/c1-6-22-14(21)10(2)12(18)17-11(13(19)20)8-7-9-16(17)15(3,4)5/h10-11H,6-9H2,1-5H3,(H,19,20). The lowest BCUT2D eigenvalue weighted by Gasteiger charge is -2.49. The molecule has 0 aliphatic carbocycles. The molecule has 0 aromatic rings. The van der Waals surface area contributed by atoms with Crippen molar-refractivity contribution in [3.63, 3.8) is 0 Å². The van der Waals surface area contributed by atoms with Crippen LogP contribution in [0.4, 0.5) is 0 Å². The van der Waals surface area contributed by atoms with Gasteiger partial charge in [0.05, 0.1) is 6.61 Å². The molecule has 1 heterocycles. The Hall–Kier alpha value is -1.63. The first kappa shape index (κ1) is 18.4. The Balaban J connectivity index is 3.11. The van der Waals surface area contributed by atoms with Gasteiger partial charge in [-0.05, 0) is 47.5 Å². The third-order valence-corrected chi connectivity index (χ3v) is 3.70. The van der Waals surface area contributed by atoms with Crippen LogP contribution in [-0.4, -0.2) is 57.7 Å². The number of carbonyl (C=O) groups excluding carboxylic acids is 2. The molecule has 0 radical (unpaired) electrons. The lowest BCUT2D eigenvalue weighted by Crippen LogP contribution is -2.64. The second-order valence-corrected chi connectivity index (χ2v) is 6.45. The minimum atomic E-state index is -1.06. The molecule has 2 atom stereocenters.